The van der Waals surface area contributed by atoms with Crippen LogP contribution in [0.3, 0.4) is 0 Å². The van der Waals surface area contributed by atoms with E-state index < -0.39 is 0 Å². The van der Waals surface area contributed by atoms with Gasteiger partial charge in [-0.15, -0.1) is 6.58 Å². The topological polar surface area (TPSA) is 38.1 Å². The lowest BCUT2D eigenvalue weighted by atomic mass is 10.2. The average molecular weight is 278 g/mol. The first kappa shape index (κ1) is 13.8. The molecule has 3 nitrogen and oxygen atoms in total. The van der Waals surface area contributed by atoms with Crippen LogP contribution in [0.25, 0.3) is 0 Å². The van der Waals surface area contributed by atoms with Crippen LogP contribution in [0.5, 0.6) is 0 Å². The molecule has 0 aliphatic heterocycles. The van der Waals surface area contributed by atoms with E-state index in [1.54, 1.807) is 36.2 Å². The highest BCUT2D eigenvalue weighted by molar-refractivity contribution is 7.99. The van der Waals surface area contributed by atoms with Crippen molar-refractivity contribution in [2.75, 3.05) is 5.75 Å². The van der Waals surface area contributed by atoms with Crippen LogP contribution in [-0.2, 0) is 13.2 Å². The van der Waals surface area contributed by atoms with E-state index in [1.807, 2.05) is 4.57 Å². The summed E-state index contributed by atoms with van der Waals surface area (Å²) in [5.74, 6) is 0.503. The predicted octanol–water partition coefficient (Wildman–Crippen LogP) is 2.84. The van der Waals surface area contributed by atoms with Crippen molar-refractivity contribution in [1.82, 2.24) is 9.55 Å². The largest absolute Gasteiger partial charge is 0.390 e. The van der Waals surface area contributed by atoms with Gasteiger partial charge in [0.25, 0.3) is 0 Å². The number of nitrogens with zero attached hydrogens (tertiary/aromatic N) is 2. The van der Waals surface area contributed by atoms with E-state index in [0.717, 1.165) is 22.2 Å². The SMILES string of the molecule is C=CCSc1ncc(CO)n1Cc1ccc(F)cc1. The zero-order chi connectivity index (χ0) is 13.7. The fourth-order valence-corrected chi connectivity index (χ4v) is 2.44. The molecule has 1 aromatic carbocycles. The molecule has 0 spiro atoms. The Bertz CT molecular complexity index is 551. The van der Waals surface area contributed by atoms with Crippen LogP contribution in [0.2, 0.25) is 0 Å². The molecular weight excluding hydrogens is 263 g/mol. The van der Waals surface area contributed by atoms with E-state index in [2.05, 4.69) is 11.6 Å². The van der Waals surface area contributed by atoms with Gasteiger partial charge in [0.2, 0.25) is 0 Å². The Morgan fingerprint density at radius 2 is 2.11 bits per heavy atom. The molecule has 0 saturated heterocycles. The van der Waals surface area contributed by atoms with Crippen molar-refractivity contribution >= 4 is 11.8 Å². The third-order valence-corrected chi connectivity index (χ3v) is 3.63. The summed E-state index contributed by atoms with van der Waals surface area (Å²) in [4.78, 5) is 4.28. The third kappa shape index (κ3) is 3.45. The van der Waals surface area contributed by atoms with Crippen LogP contribution in [0, 0.1) is 5.82 Å². The van der Waals surface area contributed by atoms with E-state index in [1.165, 1.54) is 12.1 Å². The molecule has 0 fully saturated rings. The molecule has 0 atom stereocenters. The van der Waals surface area contributed by atoms with Gasteiger partial charge in [-0.3, -0.25) is 0 Å². The number of aliphatic hydroxyl groups excluding tert-OH is 1. The second-order valence-electron chi connectivity index (χ2n) is 4.00. The molecule has 0 bridgehead atoms. The molecule has 100 valence electrons. The first-order chi connectivity index (χ1) is 9.24. The van der Waals surface area contributed by atoms with Crippen LogP contribution in [0.15, 0.2) is 48.3 Å². The van der Waals surface area contributed by atoms with Gasteiger partial charge in [0.05, 0.1) is 18.5 Å². The first-order valence-electron chi connectivity index (χ1n) is 5.88. The van der Waals surface area contributed by atoms with Crippen LogP contribution in [0.1, 0.15) is 11.3 Å². The molecule has 5 heteroatoms. The molecule has 0 aliphatic rings. The van der Waals surface area contributed by atoms with Gasteiger partial charge < -0.3 is 9.67 Å². The average Bonchev–Trinajstić information content (AvgIpc) is 2.81. The second kappa shape index (κ2) is 6.54. The number of thioether (sulfide) groups is 1. The van der Waals surface area contributed by atoms with Gasteiger partial charge in [-0.1, -0.05) is 30.0 Å². The van der Waals surface area contributed by atoms with Gasteiger partial charge in [-0.25, -0.2) is 9.37 Å². The number of aromatic nitrogens is 2. The van der Waals surface area contributed by atoms with Crippen molar-refractivity contribution in [2.45, 2.75) is 18.3 Å². The van der Waals surface area contributed by atoms with E-state index in [4.69, 9.17) is 0 Å². The smallest absolute Gasteiger partial charge is 0.168 e. The quantitative estimate of drug-likeness (QED) is 0.652. The summed E-state index contributed by atoms with van der Waals surface area (Å²) in [5, 5.41) is 10.2. The van der Waals surface area contributed by atoms with Crippen molar-refractivity contribution in [1.29, 1.82) is 0 Å². The summed E-state index contributed by atoms with van der Waals surface area (Å²) in [5.41, 5.74) is 1.71. The van der Waals surface area contributed by atoms with E-state index >= 15 is 0 Å². The van der Waals surface area contributed by atoms with Crippen LogP contribution in [-0.4, -0.2) is 20.4 Å². The second-order valence-corrected chi connectivity index (χ2v) is 4.99. The van der Waals surface area contributed by atoms with Gasteiger partial charge in [0, 0.05) is 12.3 Å². The molecule has 1 heterocycles. The van der Waals surface area contributed by atoms with Crippen molar-refractivity contribution in [2.24, 2.45) is 0 Å². The Morgan fingerprint density at radius 1 is 1.37 bits per heavy atom. The summed E-state index contributed by atoms with van der Waals surface area (Å²) in [6.07, 6.45) is 3.47. The molecule has 0 radical (unpaired) electrons. The summed E-state index contributed by atoms with van der Waals surface area (Å²) >= 11 is 1.55. The normalized spacial score (nSPS) is 10.6. The predicted molar refractivity (Wildman–Crippen MR) is 74.6 cm³/mol. The molecule has 1 aromatic heterocycles. The number of aliphatic hydroxyl groups is 1. The first-order valence-corrected chi connectivity index (χ1v) is 6.86. The van der Waals surface area contributed by atoms with Gasteiger partial charge in [0.15, 0.2) is 5.16 Å². The van der Waals surface area contributed by atoms with E-state index in [9.17, 15) is 9.50 Å². The van der Waals surface area contributed by atoms with Crippen molar-refractivity contribution in [3.8, 4) is 0 Å². The zero-order valence-corrected chi connectivity index (χ0v) is 11.2. The highest BCUT2D eigenvalue weighted by atomic mass is 32.2. The Balaban J connectivity index is 2.23. The van der Waals surface area contributed by atoms with Crippen molar-refractivity contribution in [3.05, 3.63) is 60.2 Å². The lowest BCUT2D eigenvalue weighted by Crippen LogP contribution is -2.06. The van der Waals surface area contributed by atoms with Gasteiger partial charge in [0.1, 0.15) is 5.82 Å². The molecule has 2 rings (SSSR count). The summed E-state index contributed by atoms with van der Waals surface area (Å²) in [7, 11) is 0. The van der Waals surface area contributed by atoms with Crippen LogP contribution >= 0.6 is 11.8 Å². The molecule has 1 N–H and O–H groups in total. The molecule has 19 heavy (non-hydrogen) atoms. The summed E-state index contributed by atoms with van der Waals surface area (Å²) in [6.45, 7) is 4.18. The van der Waals surface area contributed by atoms with E-state index in [0.29, 0.717) is 6.54 Å². The Labute approximate surface area is 115 Å². The Hall–Kier alpha value is -1.59. The minimum atomic E-state index is -0.252. The standard InChI is InChI=1S/C14H15FN2OS/c1-2-7-19-14-16-8-13(10-18)17(14)9-11-3-5-12(15)6-4-11/h2-6,8,18H,1,7,9-10H2. The van der Waals surface area contributed by atoms with Crippen molar-refractivity contribution in [3.63, 3.8) is 0 Å². The molecule has 0 amide bonds. The number of benzene rings is 1. The molecule has 0 saturated carbocycles. The number of hydrogen-bond acceptors (Lipinski definition) is 3. The maximum absolute atomic E-state index is 12.9. The zero-order valence-electron chi connectivity index (χ0n) is 10.4. The van der Waals surface area contributed by atoms with E-state index in [-0.39, 0.29) is 12.4 Å². The molecule has 2 aromatic rings. The molecule has 0 unspecified atom stereocenters. The maximum Gasteiger partial charge on any atom is 0.168 e. The minimum Gasteiger partial charge on any atom is -0.390 e. The van der Waals surface area contributed by atoms with Gasteiger partial charge in [-0.05, 0) is 17.7 Å². The number of hydrogen-bond donors (Lipinski definition) is 1. The third-order valence-electron chi connectivity index (χ3n) is 2.65. The van der Waals surface area contributed by atoms with Gasteiger partial charge in [-0.2, -0.15) is 0 Å². The van der Waals surface area contributed by atoms with Crippen LogP contribution < -0.4 is 0 Å². The Morgan fingerprint density at radius 3 is 2.74 bits per heavy atom. The number of imidazole rings is 1. The number of rotatable bonds is 6. The fraction of sp³-hybridized carbons (Fsp3) is 0.214. The van der Waals surface area contributed by atoms with Crippen LogP contribution in [0.4, 0.5) is 4.39 Å². The Kier molecular flexibility index (Phi) is 4.76. The lowest BCUT2D eigenvalue weighted by molar-refractivity contribution is 0.270. The highest BCUT2D eigenvalue weighted by Gasteiger charge is 2.10. The summed E-state index contributed by atoms with van der Waals surface area (Å²) in [6, 6.07) is 6.33. The maximum atomic E-state index is 12.9. The van der Waals surface area contributed by atoms with Gasteiger partial charge >= 0.3 is 0 Å². The highest BCUT2D eigenvalue weighted by Crippen LogP contribution is 2.20. The fourth-order valence-electron chi connectivity index (χ4n) is 1.71. The monoisotopic (exact) mass is 278 g/mol. The molecular formula is C14H15FN2OS. The minimum absolute atomic E-state index is 0.0666. The molecule has 0 aliphatic carbocycles. The summed E-state index contributed by atoms with van der Waals surface area (Å²) < 4.78 is 14.8. The lowest BCUT2D eigenvalue weighted by Gasteiger charge is -2.10. The number of halogens is 1. The van der Waals surface area contributed by atoms with Crippen molar-refractivity contribution < 1.29 is 9.50 Å².